The zero-order valence-corrected chi connectivity index (χ0v) is 20.1. The normalized spacial score (nSPS) is 15.7. The third-order valence-electron chi connectivity index (χ3n) is 5.03. The summed E-state index contributed by atoms with van der Waals surface area (Å²) in [5.41, 5.74) is 1.16. The highest BCUT2D eigenvalue weighted by Crippen LogP contribution is 2.19. The van der Waals surface area contributed by atoms with Gasteiger partial charge in [-0.25, -0.2) is 9.98 Å². The molecule has 0 aromatic carbocycles. The number of hydrogen-bond acceptors (Lipinski definition) is 4. The third-order valence-corrected chi connectivity index (χ3v) is 5.03. The number of hydrogen-bond donors (Lipinski definition) is 2. The van der Waals surface area contributed by atoms with Crippen LogP contribution in [0.25, 0.3) is 0 Å². The number of morpholine rings is 1. The van der Waals surface area contributed by atoms with Crippen molar-refractivity contribution >= 4 is 35.8 Å². The molecule has 2 N–H and O–H groups in total. The van der Waals surface area contributed by atoms with Gasteiger partial charge in [0.2, 0.25) is 0 Å². The minimum atomic E-state index is 0. The van der Waals surface area contributed by atoms with Gasteiger partial charge in [0.05, 0.1) is 19.8 Å². The largest absolute Gasteiger partial charge is 0.378 e. The number of ether oxygens (including phenoxy) is 1. The van der Waals surface area contributed by atoms with E-state index in [0.717, 1.165) is 56.7 Å². The lowest BCUT2D eigenvalue weighted by Gasteiger charge is -2.29. The molecule has 2 rings (SSSR count). The molecule has 7 heteroatoms. The van der Waals surface area contributed by atoms with E-state index in [9.17, 15) is 0 Å². The third kappa shape index (κ3) is 8.51. The maximum absolute atomic E-state index is 5.47. The van der Waals surface area contributed by atoms with Gasteiger partial charge in [0.15, 0.2) is 5.96 Å². The predicted molar refractivity (Wildman–Crippen MR) is 129 cm³/mol. The van der Waals surface area contributed by atoms with Gasteiger partial charge < -0.3 is 20.3 Å². The molecule has 0 radical (unpaired) electrons. The van der Waals surface area contributed by atoms with Crippen LogP contribution in [0.2, 0.25) is 0 Å². The summed E-state index contributed by atoms with van der Waals surface area (Å²) in [7, 11) is 0. The van der Waals surface area contributed by atoms with Crippen molar-refractivity contribution in [2.45, 2.75) is 53.0 Å². The first-order valence-corrected chi connectivity index (χ1v) is 10.6. The number of aliphatic imine (C=N–C) groups is 1. The Kier molecular flexibility index (Phi) is 13.2. The molecule has 1 aliphatic rings. The molecule has 1 aromatic heterocycles. The van der Waals surface area contributed by atoms with Crippen molar-refractivity contribution in [1.82, 2.24) is 15.6 Å². The number of rotatable bonds is 10. The second-order valence-corrected chi connectivity index (χ2v) is 7.08. The second-order valence-electron chi connectivity index (χ2n) is 7.08. The number of aromatic nitrogens is 1. The van der Waals surface area contributed by atoms with Crippen LogP contribution in [0.1, 0.15) is 52.0 Å². The molecule has 0 bridgehead atoms. The van der Waals surface area contributed by atoms with Crippen LogP contribution in [0, 0.1) is 5.92 Å². The summed E-state index contributed by atoms with van der Waals surface area (Å²) >= 11 is 0. The summed E-state index contributed by atoms with van der Waals surface area (Å²) in [6.45, 7) is 12.4. The molecule has 2 heterocycles. The first-order valence-electron chi connectivity index (χ1n) is 10.6. The number of unbranched alkanes of at least 4 members (excludes halogenated alkanes) is 1. The zero-order valence-electron chi connectivity index (χ0n) is 17.7. The topological polar surface area (TPSA) is 61.8 Å². The summed E-state index contributed by atoms with van der Waals surface area (Å²) in [6, 6.07) is 4.12. The molecule has 28 heavy (non-hydrogen) atoms. The second kappa shape index (κ2) is 14.8. The van der Waals surface area contributed by atoms with E-state index in [0.29, 0.717) is 12.5 Å². The van der Waals surface area contributed by atoms with E-state index in [4.69, 9.17) is 9.73 Å². The van der Waals surface area contributed by atoms with Crippen LogP contribution in [0.4, 0.5) is 5.82 Å². The minimum Gasteiger partial charge on any atom is -0.378 e. The molecule has 1 fully saturated rings. The van der Waals surface area contributed by atoms with E-state index in [1.807, 2.05) is 12.3 Å². The Bertz CT molecular complexity index is 563. The van der Waals surface area contributed by atoms with Crippen LogP contribution in [-0.2, 0) is 11.3 Å². The molecule has 6 nitrogen and oxygen atoms in total. The summed E-state index contributed by atoms with van der Waals surface area (Å²) in [6.07, 6.45) is 6.91. The Morgan fingerprint density at radius 3 is 2.71 bits per heavy atom. The molecule has 0 amide bonds. The van der Waals surface area contributed by atoms with E-state index < -0.39 is 0 Å². The van der Waals surface area contributed by atoms with E-state index in [1.54, 1.807) is 0 Å². The molecule has 1 aliphatic heterocycles. The van der Waals surface area contributed by atoms with Gasteiger partial charge in [-0.1, -0.05) is 39.2 Å². The van der Waals surface area contributed by atoms with Gasteiger partial charge in [-0.05, 0) is 25.3 Å². The fraction of sp³-hybridized carbons (Fsp3) is 0.714. The Hall–Kier alpha value is -1.09. The fourth-order valence-electron chi connectivity index (χ4n) is 3.30. The van der Waals surface area contributed by atoms with Crippen LogP contribution in [-0.4, -0.2) is 50.3 Å². The zero-order chi connectivity index (χ0) is 19.3. The number of pyridine rings is 1. The molecule has 1 saturated heterocycles. The van der Waals surface area contributed by atoms with Crippen molar-refractivity contribution in [2.75, 3.05) is 44.3 Å². The van der Waals surface area contributed by atoms with Gasteiger partial charge >= 0.3 is 0 Å². The Labute approximate surface area is 187 Å². The lowest BCUT2D eigenvalue weighted by atomic mass is 9.99. The van der Waals surface area contributed by atoms with Crippen molar-refractivity contribution in [3.05, 3.63) is 23.9 Å². The molecule has 1 atom stereocenters. The molecule has 1 aromatic rings. The van der Waals surface area contributed by atoms with Crippen molar-refractivity contribution < 1.29 is 4.74 Å². The molecule has 0 spiro atoms. The summed E-state index contributed by atoms with van der Waals surface area (Å²) in [4.78, 5) is 11.7. The summed E-state index contributed by atoms with van der Waals surface area (Å²) in [5, 5.41) is 6.91. The van der Waals surface area contributed by atoms with Crippen LogP contribution < -0.4 is 15.5 Å². The first-order chi connectivity index (χ1) is 13.3. The Balaban J connectivity index is 0.00000392. The lowest BCUT2D eigenvalue weighted by Crippen LogP contribution is -2.40. The van der Waals surface area contributed by atoms with Crippen LogP contribution in [0.5, 0.6) is 0 Å². The van der Waals surface area contributed by atoms with Crippen LogP contribution >= 0.6 is 24.0 Å². The van der Waals surface area contributed by atoms with Crippen molar-refractivity contribution in [3.63, 3.8) is 0 Å². The standard InChI is InChI=1S/C21H37N5O.HI/c1-4-7-9-18(5-2)16-24-21(22-6-3)25-17-19-10-8-11-23-20(19)26-12-14-27-15-13-26;/h8,10-11,18H,4-7,9,12-17H2,1-3H3,(H2,22,24,25);1H. The van der Waals surface area contributed by atoms with Gasteiger partial charge in [-0.15, -0.1) is 24.0 Å². The number of anilines is 1. The van der Waals surface area contributed by atoms with Crippen molar-refractivity contribution in [2.24, 2.45) is 10.9 Å². The van der Waals surface area contributed by atoms with Gasteiger partial charge in [-0.3, -0.25) is 0 Å². The van der Waals surface area contributed by atoms with Gasteiger partial charge in [-0.2, -0.15) is 0 Å². The number of nitrogens with one attached hydrogen (secondary N) is 2. The molecule has 160 valence electrons. The van der Waals surface area contributed by atoms with Gasteiger partial charge in [0.25, 0.3) is 0 Å². The van der Waals surface area contributed by atoms with Gasteiger partial charge in [0.1, 0.15) is 5.82 Å². The Morgan fingerprint density at radius 2 is 2.04 bits per heavy atom. The van der Waals surface area contributed by atoms with Crippen molar-refractivity contribution in [1.29, 1.82) is 0 Å². The quantitative estimate of drug-likeness (QED) is 0.289. The highest BCUT2D eigenvalue weighted by molar-refractivity contribution is 14.0. The van der Waals surface area contributed by atoms with Crippen LogP contribution in [0.15, 0.2) is 23.3 Å². The number of guanidine groups is 1. The average Bonchev–Trinajstić information content (AvgIpc) is 2.73. The average molecular weight is 503 g/mol. The first kappa shape index (κ1) is 24.9. The Morgan fingerprint density at radius 1 is 1.25 bits per heavy atom. The van der Waals surface area contributed by atoms with E-state index in [-0.39, 0.29) is 24.0 Å². The molecule has 1 unspecified atom stereocenters. The highest BCUT2D eigenvalue weighted by atomic mass is 127. The maximum atomic E-state index is 5.47. The maximum Gasteiger partial charge on any atom is 0.191 e. The van der Waals surface area contributed by atoms with Crippen molar-refractivity contribution in [3.8, 4) is 0 Å². The molecular weight excluding hydrogens is 465 g/mol. The fourth-order valence-corrected chi connectivity index (χ4v) is 3.30. The number of nitrogens with zero attached hydrogens (tertiary/aromatic N) is 3. The molecular formula is C21H38IN5O. The monoisotopic (exact) mass is 503 g/mol. The smallest absolute Gasteiger partial charge is 0.191 e. The lowest BCUT2D eigenvalue weighted by molar-refractivity contribution is 0.122. The summed E-state index contributed by atoms with van der Waals surface area (Å²) in [5.74, 6) is 2.63. The van der Waals surface area contributed by atoms with Gasteiger partial charge in [0, 0.05) is 37.9 Å². The predicted octanol–water partition coefficient (Wildman–Crippen LogP) is 3.81. The minimum absolute atomic E-state index is 0. The van der Waals surface area contributed by atoms with E-state index in [1.165, 1.54) is 25.7 Å². The molecule has 0 saturated carbocycles. The van der Waals surface area contributed by atoms with E-state index in [2.05, 4.69) is 47.4 Å². The van der Waals surface area contributed by atoms with Crippen LogP contribution in [0.3, 0.4) is 0 Å². The number of halogens is 1. The summed E-state index contributed by atoms with van der Waals surface area (Å²) < 4.78 is 5.47. The molecule has 0 aliphatic carbocycles. The highest BCUT2D eigenvalue weighted by Gasteiger charge is 2.15. The SMILES string of the molecule is CCCCC(CC)CNC(=NCc1cccnc1N1CCOCC1)NCC.I. The van der Waals surface area contributed by atoms with E-state index >= 15 is 0 Å².